The van der Waals surface area contributed by atoms with E-state index in [9.17, 15) is 9.59 Å². The van der Waals surface area contributed by atoms with E-state index >= 15 is 0 Å². The van der Waals surface area contributed by atoms with E-state index in [0.29, 0.717) is 0 Å². The van der Waals surface area contributed by atoms with Crippen LogP contribution in [0.4, 0.5) is 0 Å². The van der Waals surface area contributed by atoms with Crippen molar-refractivity contribution in [3.05, 3.63) is 18.5 Å². The summed E-state index contributed by atoms with van der Waals surface area (Å²) in [7, 11) is 0. The molecule has 0 aromatic carbocycles. The molecule has 0 spiro atoms. The first-order valence-electron chi connectivity index (χ1n) is 6.35. The number of ether oxygens (including phenoxy) is 1. The van der Waals surface area contributed by atoms with Gasteiger partial charge in [-0.2, -0.15) is 5.10 Å². The first kappa shape index (κ1) is 15.2. The third kappa shape index (κ3) is 3.81. The average Bonchev–Trinajstić information content (AvgIpc) is 2.81. The number of aromatic nitrogens is 2. The van der Waals surface area contributed by atoms with Gasteiger partial charge in [-0.1, -0.05) is 13.8 Å². The number of amides is 1. The van der Waals surface area contributed by atoms with Crippen LogP contribution in [0.3, 0.4) is 0 Å². The average molecular weight is 267 g/mol. The predicted octanol–water partition coefficient (Wildman–Crippen LogP) is 0.977. The SMILES string of the molecule is CCOC(=O)[C@@](C)(NC(=O)Cn1cccn1)C(C)C. The standard InChI is InChI=1S/C13H21N3O3/c1-5-19-12(18)13(4,10(2)3)15-11(17)9-16-8-6-7-14-16/h6-8,10H,5,9H2,1-4H3,(H,15,17)/t13-/m0/s1. The van der Waals surface area contributed by atoms with Crippen molar-refractivity contribution in [1.82, 2.24) is 15.1 Å². The van der Waals surface area contributed by atoms with E-state index in [-0.39, 0.29) is 25.0 Å². The minimum Gasteiger partial charge on any atom is -0.464 e. The summed E-state index contributed by atoms with van der Waals surface area (Å²) in [6, 6.07) is 1.74. The molecule has 0 bridgehead atoms. The van der Waals surface area contributed by atoms with Crippen molar-refractivity contribution in [1.29, 1.82) is 0 Å². The van der Waals surface area contributed by atoms with Crippen LogP contribution in [0.1, 0.15) is 27.7 Å². The van der Waals surface area contributed by atoms with E-state index in [1.54, 1.807) is 32.3 Å². The van der Waals surface area contributed by atoms with E-state index in [1.807, 2.05) is 13.8 Å². The first-order chi connectivity index (χ1) is 8.90. The van der Waals surface area contributed by atoms with Gasteiger partial charge in [-0.05, 0) is 25.8 Å². The molecule has 1 amide bonds. The summed E-state index contributed by atoms with van der Waals surface area (Å²) in [6.07, 6.45) is 3.29. The summed E-state index contributed by atoms with van der Waals surface area (Å²) in [6.45, 7) is 7.52. The molecule has 1 N–H and O–H groups in total. The number of carbonyl (C=O) groups is 2. The summed E-state index contributed by atoms with van der Waals surface area (Å²) in [4.78, 5) is 23.9. The zero-order valence-corrected chi connectivity index (χ0v) is 11.8. The summed E-state index contributed by atoms with van der Waals surface area (Å²) in [5.41, 5.74) is -1.03. The van der Waals surface area contributed by atoms with Crippen LogP contribution in [0.15, 0.2) is 18.5 Å². The molecule has 0 unspecified atom stereocenters. The van der Waals surface area contributed by atoms with Gasteiger partial charge >= 0.3 is 5.97 Å². The summed E-state index contributed by atoms with van der Waals surface area (Å²) < 4.78 is 6.53. The number of hydrogen-bond acceptors (Lipinski definition) is 4. The maximum absolute atomic E-state index is 12.0. The highest BCUT2D eigenvalue weighted by Crippen LogP contribution is 2.18. The molecule has 0 radical (unpaired) electrons. The second kappa shape index (κ2) is 6.36. The van der Waals surface area contributed by atoms with Crippen molar-refractivity contribution in [3.8, 4) is 0 Å². The first-order valence-corrected chi connectivity index (χ1v) is 6.35. The summed E-state index contributed by atoms with van der Waals surface area (Å²) >= 11 is 0. The molecule has 1 aromatic heterocycles. The van der Waals surface area contributed by atoms with E-state index in [2.05, 4.69) is 10.4 Å². The monoisotopic (exact) mass is 267 g/mol. The number of hydrogen-bond donors (Lipinski definition) is 1. The van der Waals surface area contributed by atoms with Gasteiger partial charge in [0, 0.05) is 12.4 Å². The van der Waals surface area contributed by atoms with Crippen LogP contribution in [0.25, 0.3) is 0 Å². The van der Waals surface area contributed by atoms with Crippen molar-refractivity contribution < 1.29 is 14.3 Å². The Morgan fingerprint density at radius 2 is 2.16 bits per heavy atom. The number of rotatable bonds is 6. The lowest BCUT2D eigenvalue weighted by Gasteiger charge is -2.32. The lowest BCUT2D eigenvalue weighted by molar-refractivity contribution is -0.154. The molecule has 0 fully saturated rings. The number of carbonyl (C=O) groups excluding carboxylic acids is 2. The number of nitrogens with zero attached hydrogens (tertiary/aromatic N) is 2. The van der Waals surface area contributed by atoms with Crippen LogP contribution in [-0.4, -0.2) is 33.8 Å². The molecule has 6 nitrogen and oxygen atoms in total. The van der Waals surface area contributed by atoms with Crippen molar-refractivity contribution in [2.75, 3.05) is 6.61 Å². The van der Waals surface area contributed by atoms with Crippen LogP contribution in [0, 0.1) is 5.92 Å². The van der Waals surface area contributed by atoms with Crippen LogP contribution >= 0.6 is 0 Å². The Labute approximate surface area is 113 Å². The van der Waals surface area contributed by atoms with Crippen molar-refractivity contribution in [2.45, 2.75) is 39.8 Å². The third-order valence-corrected chi connectivity index (χ3v) is 3.12. The maximum atomic E-state index is 12.0. The van der Waals surface area contributed by atoms with Gasteiger partial charge < -0.3 is 10.1 Å². The van der Waals surface area contributed by atoms with Gasteiger partial charge in [0.1, 0.15) is 12.1 Å². The molecule has 0 aliphatic heterocycles. The van der Waals surface area contributed by atoms with Gasteiger partial charge in [-0.15, -0.1) is 0 Å². The van der Waals surface area contributed by atoms with Crippen LogP contribution in [0.5, 0.6) is 0 Å². The lowest BCUT2D eigenvalue weighted by atomic mass is 9.88. The second-order valence-corrected chi connectivity index (χ2v) is 4.83. The normalized spacial score (nSPS) is 13.9. The Bertz CT molecular complexity index is 428. The smallest absolute Gasteiger partial charge is 0.331 e. The molecule has 106 valence electrons. The third-order valence-electron chi connectivity index (χ3n) is 3.12. The molecule has 6 heteroatoms. The van der Waals surface area contributed by atoms with Gasteiger partial charge in [0.25, 0.3) is 0 Å². The lowest BCUT2D eigenvalue weighted by Crippen LogP contribution is -2.57. The predicted molar refractivity (Wildman–Crippen MR) is 70.2 cm³/mol. The van der Waals surface area contributed by atoms with Gasteiger partial charge in [-0.25, -0.2) is 4.79 Å². The van der Waals surface area contributed by atoms with Gasteiger partial charge in [0.05, 0.1) is 6.61 Å². The minimum absolute atomic E-state index is 0.0758. The number of nitrogens with one attached hydrogen (secondary N) is 1. The summed E-state index contributed by atoms with van der Waals surface area (Å²) in [5, 5.41) is 6.69. The second-order valence-electron chi connectivity index (χ2n) is 4.83. The van der Waals surface area contributed by atoms with Gasteiger partial charge in [-0.3, -0.25) is 9.48 Å². The van der Waals surface area contributed by atoms with Gasteiger partial charge in [0.2, 0.25) is 5.91 Å². The highest BCUT2D eigenvalue weighted by Gasteiger charge is 2.39. The summed E-state index contributed by atoms with van der Waals surface area (Å²) in [5.74, 6) is -0.764. The van der Waals surface area contributed by atoms with Crippen molar-refractivity contribution in [2.24, 2.45) is 5.92 Å². The quantitative estimate of drug-likeness (QED) is 0.780. The fraction of sp³-hybridized carbons (Fsp3) is 0.615. The fourth-order valence-corrected chi connectivity index (χ4v) is 1.58. The zero-order chi connectivity index (χ0) is 14.5. The van der Waals surface area contributed by atoms with Crippen molar-refractivity contribution in [3.63, 3.8) is 0 Å². The Morgan fingerprint density at radius 1 is 1.47 bits per heavy atom. The van der Waals surface area contributed by atoms with E-state index in [0.717, 1.165) is 0 Å². The molecule has 0 aliphatic carbocycles. The Kier molecular flexibility index (Phi) is 5.09. The molecular weight excluding hydrogens is 246 g/mol. The molecule has 1 rings (SSSR count). The number of esters is 1. The molecule has 0 aliphatic rings. The zero-order valence-electron chi connectivity index (χ0n) is 11.8. The Balaban J connectivity index is 2.72. The molecule has 1 heterocycles. The van der Waals surface area contributed by atoms with E-state index in [4.69, 9.17) is 4.74 Å². The molecule has 1 atom stereocenters. The maximum Gasteiger partial charge on any atom is 0.331 e. The Hall–Kier alpha value is -1.85. The minimum atomic E-state index is -1.03. The molecular formula is C13H21N3O3. The topological polar surface area (TPSA) is 73.2 Å². The Morgan fingerprint density at radius 3 is 2.63 bits per heavy atom. The molecule has 19 heavy (non-hydrogen) atoms. The molecule has 0 saturated carbocycles. The highest BCUT2D eigenvalue weighted by molar-refractivity contribution is 5.87. The van der Waals surface area contributed by atoms with E-state index in [1.165, 1.54) is 4.68 Å². The van der Waals surface area contributed by atoms with Gasteiger partial charge in [0.15, 0.2) is 0 Å². The van der Waals surface area contributed by atoms with Crippen molar-refractivity contribution >= 4 is 11.9 Å². The fourth-order valence-electron chi connectivity index (χ4n) is 1.58. The van der Waals surface area contributed by atoms with Crippen LogP contribution in [-0.2, 0) is 20.9 Å². The van der Waals surface area contributed by atoms with Crippen LogP contribution < -0.4 is 5.32 Å². The molecule has 1 aromatic rings. The van der Waals surface area contributed by atoms with E-state index < -0.39 is 11.5 Å². The highest BCUT2D eigenvalue weighted by atomic mass is 16.5. The largest absolute Gasteiger partial charge is 0.464 e. The van der Waals surface area contributed by atoms with Crippen LogP contribution in [0.2, 0.25) is 0 Å². The molecule has 0 saturated heterocycles.